The molecule has 0 fully saturated rings. The second-order valence-electron chi connectivity index (χ2n) is 6.28. The molecule has 1 aliphatic rings. The topological polar surface area (TPSA) is 49.0 Å². The minimum absolute atomic E-state index is 0.646. The fraction of sp³-hybridized carbons (Fsp3) is 0.368. The van der Waals surface area contributed by atoms with Gasteiger partial charge in [0.2, 0.25) is 0 Å². The molecule has 2 heterocycles. The SMILES string of the molecule is Cc1ccc(CNC(=S)NCCc2ccc3c(n2)NCCC3)cc1Cl. The van der Waals surface area contributed by atoms with Gasteiger partial charge in [0.15, 0.2) is 5.11 Å². The zero-order valence-corrected chi connectivity index (χ0v) is 15.9. The Kier molecular flexibility index (Phi) is 6.10. The number of aryl methyl sites for hydroxylation is 2. The average molecular weight is 375 g/mol. The van der Waals surface area contributed by atoms with Crippen LogP contribution >= 0.6 is 23.8 Å². The molecule has 0 saturated carbocycles. The van der Waals surface area contributed by atoms with Gasteiger partial charge in [0.05, 0.1) is 0 Å². The van der Waals surface area contributed by atoms with Crippen LogP contribution in [0.2, 0.25) is 5.02 Å². The molecule has 0 unspecified atom stereocenters. The number of aromatic nitrogens is 1. The second kappa shape index (κ2) is 8.50. The summed E-state index contributed by atoms with van der Waals surface area (Å²) in [5.74, 6) is 1.04. The predicted molar refractivity (Wildman–Crippen MR) is 108 cm³/mol. The molecule has 2 aromatic rings. The van der Waals surface area contributed by atoms with Crippen molar-refractivity contribution in [3.05, 3.63) is 57.7 Å². The average Bonchev–Trinajstić information content (AvgIpc) is 2.62. The molecular weight excluding hydrogens is 352 g/mol. The minimum atomic E-state index is 0.646. The highest BCUT2D eigenvalue weighted by atomic mass is 35.5. The first kappa shape index (κ1) is 18.0. The predicted octanol–water partition coefficient (Wildman–Crippen LogP) is 3.61. The van der Waals surface area contributed by atoms with Crippen LogP contribution in [0.3, 0.4) is 0 Å². The van der Waals surface area contributed by atoms with Crippen LogP contribution in [0, 0.1) is 6.92 Å². The number of fused-ring (bicyclic) bond motifs is 1. The van der Waals surface area contributed by atoms with Gasteiger partial charge in [0.25, 0.3) is 0 Å². The molecular formula is C19H23ClN4S. The minimum Gasteiger partial charge on any atom is -0.370 e. The van der Waals surface area contributed by atoms with Crippen LogP contribution in [-0.4, -0.2) is 23.2 Å². The van der Waals surface area contributed by atoms with E-state index >= 15 is 0 Å². The van der Waals surface area contributed by atoms with E-state index in [1.807, 2.05) is 19.1 Å². The monoisotopic (exact) mass is 374 g/mol. The number of anilines is 1. The fourth-order valence-electron chi connectivity index (χ4n) is 2.80. The van der Waals surface area contributed by atoms with Crippen molar-refractivity contribution in [2.75, 3.05) is 18.4 Å². The van der Waals surface area contributed by atoms with E-state index in [1.54, 1.807) is 0 Å². The lowest BCUT2D eigenvalue weighted by atomic mass is 10.1. The van der Waals surface area contributed by atoms with E-state index in [1.165, 1.54) is 12.0 Å². The molecule has 3 N–H and O–H groups in total. The van der Waals surface area contributed by atoms with Crippen LogP contribution in [0.4, 0.5) is 5.82 Å². The van der Waals surface area contributed by atoms with Crippen molar-refractivity contribution < 1.29 is 0 Å². The van der Waals surface area contributed by atoms with E-state index < -0.39 is 0 Å². The highest BCUT2D eigenvalue weighted by Crippen LogP contribution is 2.19. The summed E-state index contributed by atoms with van der Waals surface area (Å²) in [6.45, 7) is 4.42. The van der Waals surface area contributed by atoms with Crippen molar-refractivity contribution in [2.24, 2.45) is 0 Å². The normalized spacial score (nSPS) is 12.9. The van der Waals surface area contributed by atoms with Crippen molar-refractivity contribution in [3.63, 3.8) is 0 Å². The molecule has 1 aliphatic heterocycles. The number of halogens is 1. The molecule has 0 bridgehead atoms. The van der Waals surface area contributed by atoms with E-state index in [0.717, 1.165) is 53.6 Å². The molecule has 0 radical (unpaired) electrons. The largest absolute Gasteiger partial charge is 0.370 e. The summed E-state index contributed by atoms with van der Waals surface area (Å²) in [5, 5.41) is 11.2. The summed E-state index contributed by atoms with van der Waals surface area (Å²) in [6.07, 6.45) is 3.14. The van der Waals surface area contributed by atoms with Gasteiger partial charge in [-0.3, -0.25) is 0 Å². The van der Waals surface area contributed by atoms with Gasteiger partial charge in [-0.2, -0.15) is 0 Å². The van der Waals surface area contributed by atoms with Crippen LogP contribution in [0.25, 0.3) is 0 Å². The number of benzene rings is 1. The number of hydrogen-bond donors (Lipinski definition) is 3. The van der Waals surface area contributed by atoms with E-state index in [9.17, 15) is 0 Å². The molecule has 25 heavy (non-hydrogen) atoms. The zero-order chi connectivity index (χ0) is 17.6. The molecule has 4 nitrogen and oxygen atoms in total. The van der Waals surface area contributed by atoms with Gasteiger partial charge in [-0.15, -0.1) is 0 Å². The van der Waals surface area contributed by atoms with Crippen LogP contribution in [0.15, 0.2) is 30.3 Å². The molecule has 1 aromatic heterocycles. The van der Waals surface area contributed by atoms with Gasteiger partial charge >= 0.3 is 0 Å². The maximum atomic E-state index is 6.14. The first-order valence-electron chi connectivity index (χ1n) is 8.61. The van der Waals surface area contributed by atoms with Crippen LogP contribution < -0.4 is 16.0 Å². The van der Waals surface area contributed by atoms with Gasteiger partial charge in [-0.05, 0) is 60.8 Å². The molecule has 0 amide bonds. The number of pyridine rings is 1. The quantitative estimate of drug-likeness (QED) is 0.698. The molecule has 0 aliphatic carbocycles. The third-order valence-corrected chi connectivity index (χ3v) is 5.00. The number of hydrogen-bond acceptors (Lipinski definition) is 3. The van der Waals surface area contributed by atoms with E-state index in [0.29, 0.717) is 11.7 Å². The van der Waals surface area contributed by atoms with Crippen LogP contribution in [0.1, 0.15) is 28.8 Å². The smallest absolute Gasteiger partial charge is 0.166 e. The summed E-state index contributed by atoms with van der Waals surface area (Å²) in [7, 11) is 0. The van der Waals surface area contributed by atoms with Gasteiger partial charge in [-0.1, -0.05) is 29.8 Å². The number of nitrogens with one attached hydrogen (secondary N) is 3. The Balaban J connectivity index is 1.42. The Morgan fingerprint density at radius 3 is 3.00 bits per heavy atom. The van der Waals surface area contributed by atoms with E-state index in [-0.39, 0.29) is 0 Å². The lowest BCUT2D eigenvalue weighted by Crippen LogP contribution is -2.36. The highest BCUT2D eigenvalue weighted by Gasteiger charge is 2.10. The third kappa shape index (κ3) is 5.06. The summed E-state index contributed by atoms with van der Waals surface area (Å²) < 4.78 is 0. The van der Waals surface area contributed by atoms with Crippen LogP contribution in [-0.2, 0) is 19.4 Å². The molecule has 0 atom stereocenters. The Morgan fingerprint density at radius 2 is 2.16 bits per heavy atom. The van der Waals surface area contributed by atoms with Gasteiger partial charge < -0.3 is 16.0 Å². The first-order chi connectivity index (χ1) is 12.1. The fourth-order valence-corrected chi connectivity index (χ4v) is 3.18. The van der Waals surface area contributed by atoms with Gasteiger partial charge in [0, 0.05) is 36.8 Å². The maximum absolute atomic E-state index is 6.14. The van der Waals surface area contributed by atoms with Crippen molar-refractivity contribution in [2.45, 2.75) is 32.7 Å². The molecule has 1 aromatic carbocycles. The lowest BCUT2D eigenvalue weighted by Gasteiger charge is -2.17. The summed E-state index contributed by atoms with van der Waals surface area (Å²) in [4.78, 5) is 4.69. The van der Waals surface area contributed by atoms with Crippen molar-refractivity contribution in [1.29, 1.82) is 0 Å². The maximum Gasteiger partial charge on any atom is 0.166 e. The Labute approximate surface area is 159 Å². The molecule has 3 rings (SSSR count). The number of thiocarbonyl (C=S) groups is 1. The standard InChI is InChI=1S/C19H23ClN4S/c1-13-4-5-14(11-17(13)20)12-23-19(25)22-10-8-16-7-6-15-3-2-9-21-18(15)24-16/h4-7,11H,2-3,8-10,12H2,1H3,(H,21,24)(H2,22,23,25). The summed E-state index contributed by atoms with van der Waals surface area (Å²) >= 11 is 11.5. The van der Waals surface area contributed by atoms with Gasteiger partial charge in [0.1, 0.15) is 5.82 Å². The molecule has 132 valence electrons. The Morgan fingerprint density at radius 1 is 1.28 bits per heavy atom. The first-order valence-corrected chi connectivity index (χ1v) is 9.40. The Bertz CT molecular complexity index is 763. The molecule has 0 saturated heterocycles. The van der Waals surface area contributed by atoms with Gasteiger partial charge in [-0.25, -0.2) is 4.98 Å². The van der Waals surface area contributed by atoms with Crippen molar-refractivity contribution in [1.82, 2.24) is 15.6 Å². The molecule has 6 heteroatoms. The zero-order valence-electron chi connectivity index (χ0n) is 14.4. The summed E-state index contributed by atoms with van der Waals surface area (Å²) in [5.41, 5.74) is 4.59. The number of nitrogens with zero attached hydrogens (tertiary/aromatic N) is 1. The second-order valence-corrected chi connectivity index (χ2v) is 7.10. The summed E-state index contributed by atoms with van der Waals surface area (Å²) in [6, 6.07) is 10.3. The number of rotatable bonds is 5. The van der Waals surface area contributed by atoms with E-state index in [2.05, 4.69) is 34.1 Å². The molecule has 0 spiro atoms. The van der Waals surface area contributed by atoms with Crippen molar-refractivity contribution in [3.8, 4) is 0 Å². The lowest BCUT2D eigenvalue weighted by molar-refractivity contribution is 0.785. The van der Waals surface area contributed by atoms with E-state index in [4.69, 9.17) is 28.8 Å². The van der Waals surface area contributed by atoms with Crippen LogP contribution in [0.5, 0.6) is 0 Å². The highest BCUT2D eigenvalue weighted by molar-refractivity contribution is 7.80. The third-order valence-electron chi connectivity index (χ3n) is 4.31. The Hall–Kier alpha value is -1.85. The van der Waals surface area contributed by atoms with Crippen molar-refractivity contribution >= 4 is 34.7 Å².